The number of nitrogens with zero attached hydrogens (tertiary/aromatic N) is 8. The number of halogens is 3. The lowest BCUT2D eigenvalue weighted by atomic mass is 10.1. The van der Waals surface area contributed by atoms with Gasteiger partial charge < -0.3 is 19.7 Å². The molecule has 0 saturated carbocycles. The van der Waals surface area contributed by atoms with E-state index >= 15 is 0 Å². The average Bonchev–Trinajstić information content (AvgIpc) is 3.83. The zero-order valence-electron chi connectivity index (χ0n) is 28.7. The number of nitrogens with one attached hydrogen (secondary N) is 1. The fourth-order valence-electron chi connectivity index (χ4n) is 5.78. The maximum absolute atomic E-state index is 13.2. The van der Waals surface area contributed by atoms with Gasteiger partial charge in [0.15, 0.2) is 11.5 Å². The number of anilines is 2. The highest BCUT2D eigenvalue weighted by Gasteiger charge is 2.31. The summed E-state index contributed by atoms with van der Waals surface area (Å²) in [5, 5.41) is 11.7. The molecule has 0 fully saturated rings. The number of ether oxygens (including phenoxy) is 2. The number of hydrogen-bond acceptors (Lipinski definition) is 9. The first kappa shape index (κ1) is 34.7. The van der Waals surface area contributed by atoms with Crippen LogP contribution < -0.4 is 19.7 Å². The van der Waals surface area contributed by atoms with Crippen molar-refractivity contribution >= 4 is 23.1 Å². The molecule has 4 heterocycles. The Kier molecular flexibility index (Phi) is 9.46. The summed E-state index contributed by atoms with van der Waals surface area (Å²) in [5.74, 6) is 1.43. The van der Waals surface area contributed by atoms with Crippen molar-refractivity contribution in [3.8, 4) is 28.4 Å². The highest BCUT2D eigenvalue weighted by atomic mass is 19.4. The molecule has 1 N–H and O–H groups in total. The van der Waals surface area contributed by atoms with Crippen LogP contribution in [0, 0.1) is 6.92 Å². The van der Waals surface area contributed by atoms with Crippen LogP contribution in [-0.2, 0) is 19.3 Å². The Hall–Kier alpha value is -6.77. The van der Waals surface area contributed by atoms with Gasteiger partial charge >= 0.3 is 6.18 Å². The highest BCUT2D eigenvalue weighted by molar-refractivity contribution is 6.04. The maximum atomic E-state index is 13.2. The summed E-state index contributed by atoms with van der Waals surface area (Å²) in [6.45, 7) is 2.83. The SMILES string of the molecule is COc1ccc(CN(Cc2ccc(OC)cc2)c2ncnn3c(-c4cnn(-c5cc(NC(=O)c6cccc(C(F)(F)F)c6)cnc5C)c4)cnc23)cc1. The minimum Gasteiger partial charge on any atom is -0.497 e. The molecule has 12 nitrogen and oxygen atoms in total. The number of fused-ring (bicyclic) bond motifs is 1. The number of aryl methyl sites for hydroxylation is 1. The number of carbonyl (C=O) groups is 1. The molecular weight excluding hydrogens is 687 g/mol. The molecule has 0 atom stereocenters. The first-order valence-corrected chi connectivity index (χ1v) is 16.3. The molecule has 268 valence electrons. The van der Waals surface area contributed by atoms with E-state index in [0.717, 1.165) is 34.8 Å². The molecule has 0 spiro atoms. The second-order valence-corrected chi connectivity index (χ2v) is 12.0. The van der Waals surface area contributed by atoms with Crippen LogP contribution in [0.2, 0.25) is 0 Å². The number of imidazole rings is 1. The van der Waals surface area contributed by atoms with Crippen LogP contribution in [0.4, 0.5) is 24.7 Å². The molecule has 0 aliphatic heterocycles. The summed E-state index contributed by atoms with van der Waals surface area (Å²) in [6.07, 6.45) is 3.48. The van der Waals surface area contributed by atoms with E-state index in [1.807, 2.05) is 48.5 Å². The topological polar surface area (TPSA) is 125 Å². The van der Waals surface area contributed by atoms with Gasteiger partial charge in [-0.15, -0.1) is 0 Å². The van der Waals surface area contributed by atoms with Crippen molar-refractivity contribution in [2.24, 2.45) is 0 Å². The maximum Gasteiger partial charge on any atom is 0.416 e. The van der Waals surface area contributed by atoms with Gasteiger partial charge in [0.2, 0.25) is 0 Å². The normalized spacial score (nSPS) is 11.4. The summed E-state index contributed by atoms with van der Waals surface area (Å²) in [4.78, 5) is 28.8. The van der Waals surface area contributed by atoms with E-state index in [2.05, 4.69) is 30.4 Å². The zero-order valence-corrected chi connectivity index (χ0v) is 28.7. The predicted octanol–water partition coefficient (Wildman–Crippen LogP) is 7.18. The lowest BCUT2D eigenvalue weighted by molar-refractivity contribution is -0.137. The third-order valence-corrected chi connectivity index (χ3v) is 8.54. The van der Waals surface area contributed by atoms with Crippen molar-refractivity contribution < 1.29 is 27.4 Å². The molecule has 0 bridgehead atoms. The summed E-state index contributed by atoms with van der Waals surface area (Å²) < 4.78 is 53.7. The second-order valence-electron chi connectivity index (χ2n) is 12.0. The van der Waals surface area contributed by atoms with Gasteiger partial charge in [0.05, 0.1) is 61.1 Å². The molecule has 7 rings (SSSR count). The van der Waals surface area contributed by atoms with Gasteiger partial charge in [-0.3, -0.25) is 9.78 Å². The number of rotatable bonds is 11. The van der Waals surface area contributed by atoms with E-state index in [9.17, 15) is 18.0 Å². The summed E-state index contributed by atoms with van der Waals surface area (Å²) >= 11 is 0. The number of pyridine rings is 1. The van der Waals surface area contributed by atoms with Gasteiger partial charge in [-0.05, 0) is 66.6 Å². The van der Waals surface area contributed by atoms with Gasteiger partial charge in [-0.1, -0.05) is 30.3 Å². The van der Waals surface area contributed by atoms with Crippen molar-refractivity contribution in [1.82, 2.24) is 34.3 Å². The Balaban J connectivity index is 1.17. The van der Waals surface area contributed by atoms with E-state index in [0.29, 0.717) is 47.2 Å². The molecule has 1 amide bonds. The van der Waals surface area contributed by atoms with Crippen LogP contribution in [0.5, 0.6) is 11.5 Å². The number of benzene rings is 3. The summed E-state index contributed by atoms with van der Waals surface area (Å²) in [7, 11) is 3.26. The Labute approximate surface area is 301 Å². The van der Waals surface area contributed by atoms with E-state index in [-0.39, 0.29) is 11.3 Å². The smallest absolute Gasteiger partial charge is 0.416 e. The largest absolute Gasteiger partial charge is 0.497 e. The minimum absolute atomic E-state index is 0.135. The second kappa shape index (κ2) is 14.5. The molecule has 0 unspecified atom stereocenters. The third kappa shape index (κ3) is 7.49. The van der Waals surface area contributed by atoms with Crippen molar-refractivity contribution in [1.29, 1.82) is 0 Å². The molecule has 0 aliphatic rings. The number of methoxy groups -OCH3 is 2. The van der Waals surface area contributed by atoms with Gasteiger partial charge in [0.25, 0.3) is 5.91 Å². The van der Waals surface area contributed by atoms with E-state index in [1.165, 1.54) is 24.7 Å². The first-order chi connectivity index (χ1) is 25.6. The minimum atomic E-state index is -4.57. The molecule has 7 aromatic rings. The third-order valence-electron chi connectivity index (χ3n) is 8.54. The Morgan fingerprint density at radius 2 is 1.51 bits per heavy atom. The first-order valence-electron chi connectivity index (χ1n) is 16.3. The lowest BCUT2D eigenvalue weighted by Gasteiger charge is -2.24. The molecule has 0 saturated heterocycles. The van der Waals surface area contributed by atoms with Crippen molar-refractivity contribution in [3.63, 3.8) is 0 Å². The Morgan fingerprint density at radius 1 is 0.830 bits per heavy atom. The van der Waals surface area contributed by atoms with E-state index in [1.54, 1.807) is 55.0 Å². The van der Waals surface area contributed by atoms with Gasteiger partial charge in [-0.2, -0.15) is 23.4 Å². The predicted molar refractivity (Wildman–Crippen MR) is 191 cm³/mol. The fraction of sp³-hybridized carbons (Fsp3) is 0.158. The number of alkyl halides is 3. The number of aromatic nitrogens is 7. The quantitative estimate of drug-likeness (QED) is 0.148. The molecule has 0 aliphatic carbocycles. The standard InChI is InChI=1S/C38H32F3N9O3/c1-24-33(16-30(18-42-24)47-37(51)27-5-4-6-29(15-27)38(39,40)41)49-22-28(17-45-49)34-19-43-36-35(44-23-46-50(34)36)48(20-25-7-11-31(52-2)12-8-25)21-26-9-13-32(53-3)14-10-26/h4-19,22-23H,20-21H2,1-3H3,(H,47,51). The summed E-state index contributed by atoms with van der Waals surface area (Å²) in [5.41, 5.74) is 4.36. The van der Waals surface area contributed by atoms with Crippen LogP contribution in [0.15, 0.2) is 110 Å². The van der Waals surface area contributed by atoms with Crippen LogP contribution >= 0.6 is 0 Å². The molecule has 3 aromatic carbocycles. The molecular formula is C38H32F3N9O3. The fourth-order valence-corrected chi connectivity index (χ4v) is 5.78. The van der Waals surface area contributed by atoms with Crippen LogP contribution in [0.1, 0.15) is 32.7 Å². The van der Waals surface area contributed by atoms with Crippen LogP contribution in [-0.4, -0.2) is 54.5 Å². The van der Waals surface area contributed by atoms with Crippen LogP contribution in [0.25, 0.3) is 22.6 Å². The average molecular weight is 720 g/mol. The van der Waals surface area contributed by atoms with Crippen molar-refractivity contribution in [3.05, 3.63) is 138 Å². The van der Waals surface area contributed by atoms with Gasteiger partial charge in [0.1, 0.15) is 17.8 Å². The zero-order chi connectivity index (χ0) is 37.1. The summed E-state index contributed by atoms with van der Waals surface area (Å²) in [6, 6.07) is 21.6. The molecule has 0 radical (unpaired) electrons. The van der Waals surface area contributed by atoms with Gasteiger partial charge in [0, 0.05) is 30.4 Å². The molecule has 15 heteroatoms. The van der Waals surface area contributed by atoms with E-state index in [4.69, 9.17) is 14.5 Å². The molecule has 4 aromatic heterocycles. The van der Waals surface area contributed by atoms with E-state index < -0.39 is 17.6 Å². The highest BCUT2D eigenvalue weighted by Crippen LogP contribution is 2.31. The molecule has 53 heavy (non-hydrogen) atoms. The van der Waals surface area contributed by atoms with Crippen LogP contribution in [0.3, 0.4) is 0 Å². The van der Waals surface area contributed by atoms with Crippen molar-refractivity contribution in [2.45, 2.75) is 26.2 Å². The number of amides is 1. The number of hydrogen-bond donors (Lipinski definition) is 1. The monoisotopic (exact) mass is 719 g/mol. The number of carbonyl (C=O) groups excluding carboxylic acids is 1. The Bertz CT molecular complexity index is 2340. The van der Waals surface area contributed by atoms with Gasteiger partial charge in [-0.25, -0.2) is 19.2 Å². The lowest BCUT2D eigenvalue weighted by Crippen LogP contribution is -2.24. The van der Waals surface area contributed by atoms with Crippen molar-refractivity contribution in [2.75, 3.05) is 24.4 Å². The Morgan fingerprint density at radius 3 is 2.15 bits per heavy atom.